The summed E-state index contributed by atoms with van der Waals surface area (Å²) in [5.74, 6) is -3.23. The van der Waals surface area contributed by atoms with E-state index in [1.165, 1.54) is 23.0 Å². The zero-order chi connectivity index (χ0) is 23.0. The summed E-state index contributed by atoms with van der Waals surface area (Å²) >= 11 is 0. The van der Waals surface area contributed by atoms with E-state index >= 15 is 0 Å². The lowest BCUT2D eigenvalue weighted by Gasteiger charge is -2.51. The number of ether oxygens (including phenoxy) is 4. The average Bonchev–Trinajstić information content (AvgIpc) is 3.24. The minimum atomic E-state index is -1.22. The van der Waals surface area contributed by atoms with E-state index in [1.807, 2.05) is 0 Å². The van der Waals surface area contributed by atoms with Crippen molar-refractivity contribution in [1.82, 2.24) is 15.0 Å². The van der Waals surface area contributed by atoms with Crippen molar-refractivity contribution < 1.29 is 27.7 Å². The maximum Gasteiger partial charge on any atom is 0.177 e. The topological polar surface area (TPSA) is 91.4 Å². The molecule has 0 amide bonds. The van der Waals surface area contributed by atoms with Gasteiger partial charge in [0.1, 0.15) is 36.1 Å². The van der Waals surface area contributed by atoms with Crippen molar-refractivity contribution in [3.63, 3.8) is 0 Å². The number of hydrogen-bond acceptors (Lipinski definition) is 7. The van der Waals surface area contributed by atoms with Crippen molar-refractivity contribution in [3.8, 4) is 17.3 Å². The molecule has 0 N–H and O–H groups in total. The standard InChI is InChI=1S/C22H24F2N4O4/c1-5-6-15-20(29-4)19(21-16(31-15)11-30-22(2,3)32-21)28-10-14(26-27-28)13-8-7-12(9-25)17(23)18(13)24/h5,7-8,10,15-16,19-21H,1,6,11H2,2-4H3/t15-,16-,19-,20+,21+/m1/s1. The molecule has 2 aromatic rings. The van der Waals surface area contributed by atoms with E-state index in [4.69, 9.17) is 24.2 Å². The summed E-state index contributed by atoms with van der Waals surface area (Å²) < 4.78 is 54.1. The van der Waals surface area contributed by atoms with Crippen LogP contribution in [0.3, 0.4) is 0 Å². The number of halogens is 2. The van der Waals surface area contributed by atoms with Gasteiger partial charge in [-0.2, -0.15) is 5.26 Å². The van der Waals surface area contributed by atoms with Gasteiger partial charge in [0.2, 0.25) is 0 Å². The summed E-state index contributed by atoms with van der Waals surface area (Å²) in [4.78, 5) is 0. The second-order valence-electron chi connectivity index (χ2n) is 8.21. The Kier molecular flexibility index (Phi) is 6.09. The first-order valence-corrected chi connectivity index (χ1v) is 10.2. The highest BCUT2D eigenvalue weighted by Gasteiger charge is 2.52. The third-order valence-electron chi connectivity index (χ3n) is 5.74. The zero-order valence-corrected chi connectivity index (χ0v) is 18.0. The zero-order valence-electron chi connectivity index (χ0n) is 18.0. The lowest BCUT2D eigenvalue weighted by atomic mass is 9.90. The fourth-order valence-electron chi connectivity index (χ4n) is 4.26. The fourth-order valence-corrected chi connectivity index (χ4v) is 4.26. The third kappa shape index (κ3) is 3.93. The molecule has 32 heavy (non-hydrogen) atoms. The highest BCUT2D eigenvalue weighted by Crippen LogP contribution is 2.40. The van der Waals surface area contributed by atoms with Crippen molar-refractivity contribution in [2.24, 2.45) is 0 Å². The van der Waals surface area contributed by atoms with Gasteiger partial charge in [0, 0.05) is 12.7 Å². The summed E-state index contributed by atoms with van der Waals surface area (Å²) in [6, 6.07) is 3.66. The lowest BCUT2D eigenvalue weighted by Crippen LogP contribution is -2.62. The van der Waals surface area contributed by atoms with Gasteiger partial charge in [-0.05, 0) is 32.4 Å². The Morgan fingerprint density at radius 1 is 1.38 bits per heavy atom. The molecule has 2 aliphatic heterocycles. The molecule has 4 rings (SSSR count). The lowest BCUT2D eigenvalue weighted by molar-refractivity contribution is -0.349. The van der Waals surface area contributed by atoms with Gasteiger partial charge in [-0.1, -0.05) is 11.3 Å². The monoisotopic (exact) mass is 446 g/mol. The van der Waals surface area contributed by atoms with Crippen LogP contribution in [0.25, 0.3) is 11.3 Å². The number of methoxy groups -OCH3 is 1. The molecule has 2 saturated heterocycles. The first-order chi connectivity index (χ1) is 15.3. The Labute approximate surface area is 184 Å². The van der Waals surface area contributed by atoms with E-state index in [0.717, 1.165) is 0 Å². The molecule has 2 aliphatic rings. The summed E-state index contributed by atoms with van der Waals surface area (Å²) in [7, 11) is 1.56. The summed E-state index contributed by atoms with van der Waals surface area (Å²) in [5, 5.41) is 17.2. The van der Waals surface area contributed by atoms with Gasteiger partial charge in [-0.25, -0.2) is 13.5 Å². The molecular weight excluding hydrogens is 422 g/mol. The van der Waals surface area contributed by atoms with Gasteiger partial charge in [0.05, 0.1) is 24.5 Å². The Hall–Kier alpha value is -2.71. The largest absolute Gasteiger partial charge is 0.376 e. The van der Waals surface area contributed by atoms with Crippen molar-refractivity contribution in [2.45, 2.75) is 56.5 Å². The second-order valence-corrected chi connectivity index (χ2v) is 8.21. The van der Waals surface area contributed by atoms with Crippen LogP contribution < -0.4 is 0 Å². The van der Waals surface area contributed by atoms with Crippen LogP contribution in [0.5, 0.6) is 0 Å². The van der Waals surface area contributed by atoms with Crippen LogP contribution in [0, 0.1) is 23.0 Å². The van der Waals surface area contributed by atoms with Crippen molar-refractivity contribution in [1.29, 1.82) is 5.26 Å². The molecule has 3 heterocycles. The minimum Gasteiger partial charge on any atom is -0.376 e. The molecule has 8 nitrogen and oxygen atoms in total. The summed E-state index contributed by atoms with van der Waals surface area (Å²) in [6.45, 7) is 7.72. The van der Waals surface area contributed by atoms with Gasteiger partial charge in [0.15, 0.2) is 17.4 Å². The second kappa shape index (κ2) is 8.67. The molecule has 5 atom stereocenters. The normalized spacial score (nSPS) is 29.2. The SMILES string of the molecule is C=CC[C@H]1O[C@@H]2COC(C)(C)O[C@@H]2[C@H](n2cc(-c3ccc(C#N)c(F)c3F)nn2)[C@H]1OC. The molecule has 1 aromatic carbocycles. The Morgan fingerprint density at radius 3 is 2.84 bits per heavy atom. The molecule has 0 unspecified atom stereocenters. The van der Waals surface area contributed by atoms with E-state index in [2.05, 4.69) is 16.9 Å². The van der Waals surface area contributed by atoms with Crippen molar-refractivity contribution in [3.05, 3.63) is 48.2 Å². The molecule has 1 aromatic heterocycles. The van der Waals surface area contributed by atoms with Gasteiger partial charge < -0.3 is 18.9 Å². The number of rotatable bonds is 5. The smallest absolute Gasteiger partial charge is 0.177 e. The van der Waals surface area contributed by atoms with Gasteiger partial charge in [-0.15, -0.1) is 11.7 Å². The van der Waals surface area contributed by atoms with Crippen LogP contribution in [0.1, 0.15) is 31.9 Å². The quantitative estimate of drug-likeness (QED) is 0.652. The maximum atomic E-state index is 14.6. The molecule has 0 bridgehead atoms. The van der Waals surface area contributed by atoms with E-state index in [0.29, 0.717) is 13.0 Å². The molecule has 0 spiro atoms. The molecule has 0 aliphatic carbocycles. The molecular formula is C22H24F2N4O4. The molecule has 2 fully saturated rings. The van der Waals surface area contributed by atoms with Crippen LogP contribution >= 0.6 is 0 Å². The Morgan fingerprint density at radius 2 is 2.16 bits per heavy atom. The Balaban J connectivity index is 1.74. The first kappa shape index (κ1) is 22.5. The summed E-state index contributed by atoms with van der Waals surface area (Å²) in [6.07, 6.45) is 2.10. The average molecular weight is 446 g/mol. The summed E-state index contributed by atoms with van der Waals surface area (Å²) in [5.41, 5.74) is -0.355. The highest BCUT2D eigenvalue weighted by molar-refractivity contribution is 5.60. The minimum absolute atomic E-state index is 0.0961. The van der Waals surface area contributed by atoms with Gasteiger partial charge in [0.25, 0.3) is 0 Å². The van der Waals surface area contributed by atoms with Gasteiger partial charge in [-0.3, -0.25) is 0 Å². The van der Waals surface area contributed by atoms with Crippen LogP contribution in [0.4, 0.5) is 8.78 Å². The first-order valence-electron chi connectivity index (χ1n) is 10.2. The fraction of sp³-hybridized carbons (Fsp3) is 0.500. The van der Waals surface area contributed by atoms with Crippen molar-refractivity contribution in [2.75, 3.05) is 13.7 Å². The number of benzene rings is 1. The number of nitriles is 1. The number of fused-ring (bicyclic) bond motifs is 1. The number of hydrogen-bond donors (Lipinski definition) is 0. The number of nitrogens with zero attached hydrogens (tertiary/aromatic N) is 4. The molecule has 170 valence electrons. The van der Waals surface area contributed by atoms with Crippen LogP contribution in [-0.4, -0.2) is 58.9 Å². The third-order valence-corrected chi connectivity index (χ3v) is 5.74. The highest BCUT2D eigenvalue weighted by atomic mass is 19.2. The van der Waals surface area contributed by atoms with E-state index in [-0.39, 0.29) is 29.0 Å². The van der Waals surface area contributed by atoms with E-state index in [1.54, 1.807) is 33.1 Å². The van der Waals surface area contributed by atoms with Crippen LogP contribution in [0.2, 0.25) is 0 Å². The number of aromatic nitrogens is 3. The van der Waals surface area contributed by atoms with E-state index < -0.39 is 35.7 Å². The molecule has 0 saturated carbocycles. The Bertz CT molecular complexity index is 1050. The van der Waals surface area contributed by atoms with E-state index in [9.17, 15) is 8.78 Å². The van der Waals surface area contributed by atoms with Crippen LogP contribution in [0.15, 0.2) is 31.0 Å². The molecule has 10 heteroatoms. The maximum absolute atomic E-state index is 14.6. The predicted molar refractivity (Wildman–Crippen MR) is 108 cm³/mol. The predicted octanol–water partition coefficient (Wildman–Crippen LogP) is 3.15. The molecule has 0 radical (unpaired) electrons. The van der Waals surface area contributed by atoms with Crippen molar-refractivity contribution >= 4 is 0 Å². The van der Waals surface area contributed by atoms with Crippen LogP contribution in [-0.2, 0) is 18.9 Å². The van der Waals surface area contributed by atoms with Gasteiger partial charge >= 0.3 is 0 Å².